The zero-order valence-corrected chi connectivity index (χ0v) is 9.57. The maximum absolute atomic E-state index is 5.64. The minimum atomic E-state index is 0.388. The van der Waals surface area contributed by atoms with Gasteiger partial charge in [0.1, 0.15) is 5.82 Å². The zero-order chi connectivity index (χ0) is 11.4. The molecule has 0 spiro atoms. The number of hydrogen-bond acceptors (Lipinski definition) is 4. The van der Waals surface area contributed by atoms with Crippen molar-refractivity contribution in [3.8, 4) is 0 Å². The first kappa shape index (κ1) is 10.8. The van der Waals surface area contributed by atoms with Crippen LogP contribution in [-0.2, 0) is 6.54 Å². The summed E-state index contributed by atoms with van der Waals surface area (Å²) in [5.41, 5.74) is 1.97. The van der Waals surface area contributed by atoms with E-state index in [9.17, 15) is 0 Å². The Balaban J connectivity index is 1.99. The summed E-state index contributed by atoms with van der Waals surface area (Å²) in [6, 6.07) is 9.38. The van der Waals surface area contributed by atoms with Crippen LogP contribution in [0, 0.1) is 6.92 Å². The average molecular weight is 235 g/mol. The van der Waals surface area contributed by atoms with E-state index in [-0.39, 0.29) is 0 Å². The lowest BCUT2D eigenvalue weighted by Crippen LogP contribution is -2.04. The highest BCUT2D eigenvalue weighted by Gasteiger charge is 1.97. The molecular weight excluding hydrogens is 224 g/mol. The molecule has 0 unspecified atom stereocenters. The number of aryl methyl sites for hydroxylation is 1. The molecule has 0 bridgehead atoms. The Morgan fingerprint density at radius 1 is 1.19 bits per heavy atom. The first-order chi connectivity index (χ1) is 7.74. The fourth-order valence-corrected chi connectivity index (χ4v) is 1.39. The molecule has 82 valence electrons. The molecule has 4 nitrogen and oxygen atoms in total. The lowest BCUT2D eigenvalue weighted by atomic mass is 10.3. The van der Waals surface area contributed by atoms with Crippen LogP contribution in [0.15, 0.2) is 30.3 Å². The molecule has 0 saturated carbocycles. The van der Waals surface area contributed by atoms with Crippen LogP contribution in [0.5, 0.6) is 0 Å². The van der Waals surface area contributed by atoms with Crippen LogP contribution in [0.25, 0.3) is 0 Å². The summed E-state index contributed by atoms with van der Waals surface area (Å²) in [7, 11) is 0. The number of hydrogen-bond donors (Lipinski definition) is 1. The Labute approximate surface area is 98.7 Å². The quantitative estimate of drug-likeness (QED) is 0.886. The topological polar surface area (TPSA) is 50.7 Å². The molecule has 0 aromatic carbocycles. The Kier molecular flexibility index (Phi) is 3.31. The Hall–Kier alpha value is -1.68. The van der Waals surface area contributed by atoms with Gasteiger partial charge in [0.25, 0.3) is 0 Å². The molecule has 0 aliphatic carbocycles. The number of rotatable bonds is 3. The number of aromatic nitrogens is 3. The molecular formula is C11H11ClN4. The molecule has 0 aliphatic rings. The van der Waals surface area contributed by atoms with E-state index in [1.54, 1.807) is 12.1 Å². The first-order valence-electron chi connectivity index (χ1n) is 4.90. The van der Waals surface area contributed by atoms with E-state index in [2.05, 4.69) is 20.5 Å². The van der Waals surface area contributed by atoms with Crippen molar-refractivity contribution in [2.45, 2.75) is 13.5 Å². The second-order valence-electron chi connectivity index (χ2n) is 3.37. The van der Waals surface area contributed by atoms with Crippen LogP contribution >= 0.6 is 11.6 Å². The predicted molar refractivity (Wildman–Crippen MR) is 63.3 cm³/mol. The van der Waals surface area contributed by atoms with Gasteiger partial charge in [-0.05, 0) is 31.2 Å². The molecule has 1 N–H and O–H groups in total. The largest absolute Gasteiger partial charge is 0.363 e. The third-order valence-electron chi connectivity index (χ3n) is 2.03. The van der Waals surface area contributed by atoms with E-state index >= 15 is 0 Å². The molecule has 2 heterocycles. The Morgan fingerprint density at radius 3 is 2.75 bits per heavy atom. The van der Waals surface area contributed by atoms with Gasteiger partial charge in [-0.3, -0.25) is 4.98 Å². The summed E-state index contributed by atoms with van der Waals surface area (Å²) in [6.07, 6.45) is 0. The van der Waals surface area contributed by atoms with Gasteiger partial charge < -0.3 is 5.32 Å². The Bertz CT molecular complexity index is 470. The highest BCUT2D eigenvalue weighted by molar-refractivity contribution is 6.29. The lowest BCUT2D eigenvalue weighted by Gasteiger charge is -2.04. The van der Waals surface area contributed by atoms with Gasteiger partial charge in [-0.25, -0.2) is 0 Å². The standard InChI is InChI=1S/C11H11ClN4/c1-8-3-2-4-9(14-8)7-13-11-6-5-10(12)15-16-11/h2-6H,7H2,1H3,(H,13,16). The lowest BCUT2D eigenvalue weighted by molar-refractivity contribution is 0.967. The van der Waals surface area contributed by atoms with E-state index in [0.717, 1.165) is 11.4 Å². The molecule has 0 atom stereocenters. The third-order valence-corrected chi connectivity index (χ3v) is 2.23. The second kappa shape index (κ2) is 4.90. The smallest absolute Gasteiger partial charge is 0.151 e. The number of anilines is 1. The van der Waals surface area contributed by atoms with E-state index in [1.165, 1.54) is 0 Å². The van der Waals surface area contributed by atoms with Crippen LogP contribution in [0.1, 0.15) is 11.4 Å². The van der Waals surface area contributed by atoms with Crippen LogP contribution in [0.2, 0.25) is 5.15 Å². The van der Waals surface area contributed by atoms with Crippen LogP contribution in [0.3, 0.4) is 0 Å². The van der Waals surface area contributed by atoms with Crippen molar-refractivity contribution in [3.05, 3.63) is 46.9 Å². The minimum Gasteiger partial charge on any atom is -0.363 e. The van der Waals surface area contributed by atoms with E-state index in [1.807, 2.05) is 25.1 Å². The van der Waals surface area contributed by atoms with Gasteiger partial charge in [0, 0.05) is 5.69 Å². The molecule has 2 aromatic heterocycles. The SMILES string of the molecule is Cc1cccc(CNc2ccc(Cl)nn2)n1. The molecule has 5 heteroatoms. The Morgan fingerprint density at radius 2 is 2.06 bits per heavy atom. The molecule has 0 aliphatic heterocycles. The maximum atomic E-state index is 5.64. The van der Waals surface area contributed by atoms with Gasteiger partial charge in [0.15, 0.2) is 5.15 Å². The normalized spacial score (nSPS) is 10.1. The minimum absolute atomic E-state index is 0.388. The fraction of sp³-hybridized carbons (Fsp3) is 0.182. The maximum Gasteiger partial charge on any atom is 0.151 e. The number of pyridine rings is 1. The number of halogens is 1. The van der Waals surface area contributed by atoms with Gasteiger partial charge in [-0.15, -0.1) is 10.2 Å². The molecule has 2 aromatic rings. The molecule has 0 fully saturated rings. The molecule has 16 heavy (non-hydrogen) atoms. The van der Waals surface area contributed by atoms with E-state index in [0.29, 0.717) is 17.5 Å². The molecule has 0 amide bonds. The van der Waals surface area contributed by atoms with Gasteiger partial charge in [0.05, 0.1) is 12.2 Å². The van der Waals surface area contributed by atoms with Crippen LogP contribution < -0.4 is 5.32 Å². The molecule has 0 saturated heterocycles. The number of nitrogens with zero attached hydrogens (tertiary/aromatic N) is 3. The second-order valence-corrected chi connectivity index (χ2v) is 3.75. The fourth-order valence-electron chi connectivity index (χ4n) is 1.29. The monoisotopic (exact) mass is 234 g/mol. The first-order valence-corrected chi connectivity index (χ1v) is 5.27. The predicted octanol–water partition coefficient (Wildman–Crippen LogP) is 2.45. The number of nitrogens with one attached hydrogen (secondary N) is 1. The summed E-state index contributed by atoms with van der Waals surface area (Å²) >= 11 is 5.64. The zero-order valence-electron chi connectivity index (χ0n) is 8.81. The summed E-state index contributed by atoms with van der Waals surface area (Å²) in [4.78, 5) is 4.37. The third kappa shape index (κ3) is 2.90. The summed E-state index contributed by atoms with van der Waals surface area (Å²) < 4.78 is 0. The van der Waals surface area contributed by atoms with Crippen molar-refractivity contribution in [2.75, 3.05) is 5.32 Å². The molecule has 2 rings (SSSR count). The summed E-state index contributed by atoms with van der Waals surface area (Å²) in [6.45, 7) is 2.59. The highest BCUT2D eigenvalue weighted by Crippen LogP contribution is 2.07. The summed E-state index contributed by atoms with van der Waals surface area (Å²) in [5.74, 6) is 0.688. The van der Waals surface area contributed by atoms with Crippen molar-refractivity contribution in [1.82, 2.24) is 15.2 Å². The van der Waals surface area contributed by atoms with Crippen molar-refractivity contribution >= 4 is 17.4 Å². The van der Waals surface area contributed by atoms with Crippen LogP contribution in [0.4, 0.5) is 5.82 Å². The van der Waals surface area contributed by atoms with E-state index in [4.69, 9.17) is 11.6 Å². The van der Waals surface area contributed by atoms with Gasteiger partial charge >= 0.3 is 0 Å². The van der Waals surface area contributed by atoms with Crippen molar-refractivity contribution in [1.29, 1.82) is 0 Å². The molecule has 0 radical (unpaired) electrons. The summed E-state index contributed by atoms with van der Waals surface area (Å²) in [5, 5.41) is 11.1. The van der Waals surface area contributed by atoms with Crippen molar-refractivity contribution in [3.63, 3.8) is 0 Å². The van der Waals surface area contributed by atoms with Gasteiger partial charge in [-0.1, -0.05) is 17.7 Å². The van der Waals surface area contributed by atoms with Crippen molar-refractivity contribution in [2.24, 2.45) is 0 Å². The average Bonchev–Trinajstić information content (AvgIpc) is 2.28. The van der Waals surface area contributed by atoms with Crippen molar-refractivity contribution < 1.29 is 0 Å². The van der Waals surface area contributed by atoms with Crippen LogP contribution in [-0.4, -0.2) is 15.2 Å². The van der Waals surface area contributed by atoms with Gasteiger partial charge in [-0.2, -0.15) is 0 Å². The van der Waals surface area contributed by atoms with E-state index < -0.39 is 0 Å². The van der Waals surface area contributed by atoms with Gasteiger partial charge in [0.2, 0.25) is 0 Å². The highest BCUT2D eigenvalue weighted by atomic mass is 35.5.